The monoisotopic (exact) mass is 261 g/mol. The number of hydrogen-bond donors (Lipinski definition) is 2. The molecule has 1 unspecified atom stereocenters. The molecule has 0 aliphatic carbocycles. The lowest BCUT2D eigenvalue weighted by Gasteiger charge is -2.19. The first-order valence-electron chi connectivity index (χ1n) is 5.39. The predicted molar refractivity (Wildman–Crippen MR) is 53.2 cm³/mol. The Morgan fingerprint density at radius 2 is 2.43 bits per heavy atom. The maximum Gasteiger partial charge on any atom is 0.157 e. The van der Waals surface area contributed by atoms with Crippen molar-refractivity contribution in [3.8, 4) is 0 Å². The number of quaternary nitrogens is 1. The Kier molecular flexibility index (Phi) is 4.92. The normalized spacial score (nSPS) is 30.8. The minimum atomic E-state index is 0. The fourth-order valence-electron chi connectivity index (χ4n) is 2.13. The highest BCUT2D eigenvalue weighted by Crippen LogP contribution is 2.06. The fourth-order valence-corrected chi connectivity index (χ4v) is 2.13. The van der Waals surface area contributed by atoms with Gasteiger partial charge in [-0.05, 0) is 26.3 Å². The molecule has 4 heteroatoms. The van der Waals surface area contributed by atoms with Gasteiger partial charge in [0.25, 0.3) is 0 Å². The summed E-state index contributed by atoms with van der Waals surface area (Å²) < 4.78 is 0. The lowest BCUT2D eigenvalue weighted by Crippen LogP contribution is -3.06. The van der Waals surface area contributed by atoms with Crippen LogP contribution in [0, 0.1) is 0 Å². The smallest absolute Gasteiger partial charge is 0.157 e. The molecule has 0 saturated carbocycles. The maximum absolute atomic E-state index is 3.53. The van der Waals surface area contributed by atoms with Crippen LogP contribution in [0.1, 0.15) is 19.8 Å². The summed E-state index contributed by atoms with van der Waals surface area (Å²) in [6.45, 7) is 7.00. The van der Waals surface area contributed by atoms with Crippen molar-refractivity contribution in [1.29, 1.82) is 0 Å². The Bertz CT molecular complexity index is 190. The molecule has 0 aromatic heterocycles. The third-order valence-electron chi connectivity index (χ3n) is 3.00. The molecule has 1 fully saturated rings. The minimum absolute atomic E-state index is 0. The van der Waals surface area contributed by atoms with E-state index in [4.69, 9.17) is 0 Å². The van der Waals surface area contributed by atoms with Crippen LogP contribution in [0.4, 0.5) is 0 Å². The summed E-state index contributed by atoms with van der Waals surface area (Å²) in [6, 6.07) is 0.737. The molecule has 0 aromatic rings. The van der Waals surface area contributed by atoms with Gasteiger partial charge in [-0.25, -0.2) is 0 Å². The Morgan fingerprint density at radius 1 is 1.57 bits per heavy atom. The van der Waals surface area contributed by atoms with Crippen LogP contribution in [-0.4, -0.2) is 37.2 Å². The van der Waals surface area contributed by atoms with Gasteiger partial charge in [-0.3, -0.25) is 4.90 Å². The summed E-state index contributed by atoms with van der Waals surface area (Å²) in [5.74, 6) is 0. The molecule has 0 radical (unpaired) electrons. The van der Waals surface area contributed by atoms with E-state index < -0.39 is 0 Å². The molecule has 2 aliphatic heterocycles. The van der Waals surface area contributed by atoms with Gasteiger partial charge in [-0.15, -0.1) is 0 Å². The Morgan fingerprint density at radius 3 is 3.00 bits per heavy atom. The molecule has 2 atom stereocenters. The van der Waals surface area contributed by atoms with Crippen molar-refractivity contribution in [3.63, 3.8) is 0 Å². The van der Waals surface area contributed by atoms with Gasteiger partial charge in [0.15, 0.2) is 6.67 Å². The van der Waals surface area contributed by atoms with Crippen LogP contribution in [0.2, 0.25) is 0 Å². The van der Waals surface area contributed by atoms with Gasteiger partial charge in [0, 0.05) is 12.6 Å². The van der Waals surface area contributed by atoms with E-state index in [1.54, 1.807) is 4.90 Å². The van der Waals surface area contributed by atoms with E-state index in [1.807, 2.05) is 0 Å². The van der Waals surface area contributed by atoms with Gasteiger partial charge in [-0.1, -0.05) is 0 Å². The van der Waals surface area contributed by atoms with Gasteiger partial charge >= 0.3 is 0 Å². The lowest BCUT2D eigenvalue weighted by molar-refractivity contribution is -0.846. The van der Waals surface area contributed by atoms with Crippen molar-refractivity contribution in [2.75, 3.05) is 26.3 Å². The summed E-state index contributed by atoms with van der Waals surface area (Å²) in [7, 11) is 0. The zero-order chi connectivity index (χ0) is 9.10. The summed E-state index contributed by atoms with van der Waals surface area (Å²) in [5.41, 5.74) is 0. The van der Waals surface area contributed by atoms with Gasteiger partial charge < -0.3 is 27.2 Å². The van der Waals surface area contributed by atoms with Crippen LogP contribution < -0.4 is 27.2 Å². The zero-order valence-electron chi connectivity index (χ0n) is 8.80. The molecule has 14 heavy (non-hydrogen) atoms. The second kappa shape index (κ2) is 5.73. The summed E-state index contributed by atoms with van der Waals surface area (Å²) >= 11 is 0. The number of nitrogens with one attached hydrogen (secondary N) is 2. The second-order valence-electron chi connectivity index (χ2n) is 4.05. The molecular weight excluding hydrogens is 242 g/mol. The van der Waals surface area contributed by atoms with Crippen molar-refractivity contribution in [3.05, 3.63) is 12.4 Å². The topological polar surface area (TPSA) is 19.7 Å². The van der Waals surface area contributed by atoms with Gasteiger partial charge in [0.1, 0.15) is 6.20 Å². The van der Waals surface area contributed by atoms with Crippen LogP contribution in [-0.2, 0) is 0 Å². The molecule has 0 spiro atoms. The van der Waals surface area contributed by atoms with Gasteiger partial charge in [0.2, 0.25) is 0 Å². The van der Waals surface area contributed by atoms with Crippen LogP contribution in [0.3, 0.4) is 0 Å². The number of hydrogen-bond acceptors (Lipinski definition) is 2. The van der Waals surface area contributed by atoms with Crippen molar-refractivity contribution in [2.24, 2.45) is 0 Å². The van der Waals surface area contributed by atoms with Crippen LogP contribution in [0.5, 0.6) is 0 Å². The lowest BCUT2D eigenvalue weighted by atomic mass is 10.2. The first-order valence-corrected chi connectivity index (χ1v) is 5.39. The molecule has 0 aromatic carbocycles. The van der Waals surface area contributed by atoms with E-state index >= 15 is 0 Å². The Balaban J connectivity index is 0.000000980. The predicted octanol–water partition coefficient (Wildman–Crippen LogP) is -3.61. The van der Waals surface area contributed by atoms with Crippen molar-refractivity contribution >= 4 is 0 Å². The average molecular weight is 262 g/mol. The molecule has 0 amide bonds. The summed E-state index contributed by atoms with van der Waals surface area (Å²) in [5, 5.41) is 3.53. The van der Waals surface area contributed by atoms with E-state index in [9.17, 15) is 0 Å². The van der Waals surface area contributed by atoms with Crippen molar-refractivity contribution < 1.29 is 21.9 Å². The number of halogens is 1. The molecule has 2 heterocycles. The summed E-state index contributed by atoms with van der Waals surface area (Å²) in [4.78, 5) is 4.00. The largest absolute Gasteiger partial charge is 1.00 e. The second-order valence-corrected chi connectivity index (χ2v) is 4.05. The summed E-state index contributed by atoms with van der Waals surface area (Å²) in [6.07, 6.45) is 7.23. The van der Waals surface area contributed by atoms with Crippen LogP contribution in [0.15, 0.2) is 12.4 Å². The molecular formula is C10H20BrN3. The molecule has 2 N–H and O–H groups in total. The molecule has 0 bridgehead atoms. The van der Waals surface area contributed by atoms with Gasteiger partial charge in [0.05, 0.1) is 12.7 Å². The van der Waals surface area contributed by atoms with E-state index in [0.717, 1.165) is 12.7 Å². The molecule has 2 rings (SSSR count). The van der Waals surface area contributed by atoms with Crippen molar-refractivity contribution in [2.45, 2.75) is 25.8 Å². The molecule has 1 saturated heterocycles. The third-order valence-corrected chi connectivity index (χ3v) is 3.00. The Labute approximate surface area is 96.9 Å². The van der Waals surface area contributed by atoms with E-state index in [1.165, 1.54) is 32.5 Å². The highest BCUT2D eigenvalue weighted by molar-refractivity contribution is 4.84. The highest BCUT2D eigenvalue weighted by atomic mass is 79.9. The standard InChI is InChI=1S/C10H19N3.BrH/c1-2-12-6-7-13(9-12)8-10-4-3-5-11-10;/h6-7,10-11H,2-5,8-9H2,1H3;1H/t10-;/m0./s1. The third kappa shape index (κ3) is 2.97. The van der Waals surface area contributed by atoms with E-state index in [0.29, 0.717) is 0 Å². The zero-order valence-corrected chi connectivity index (χ0v) is 10.4. The maximum atomic E-state index is 3.53. The Hall–Kier alpha value is -0.0600. The highest BCUT2D eigenvalue weighted by Gasteiger charge is 2.21. The SMILES string of the molecule is CC[NH+]1C=CN(C[C@@H]2CCCN2)C1.[Br-]. The van der Waals surface area contributed by atoms with Crippen molar-refractivity contribution in [1.82, 2.24) is 10.2 Å². The minimum Gasteiger partial charge on any atom is -1.00 e. The molecule has 82 valence electrons. The molecule has 3 nitrogen and oxygen atoms in total. The van der Waals surface area contributed by atoms with E-state index in [-0.39, 0.29) is 17.0 Å². The fraction of sp³-hybridized carbons (Fsp3) is 0.800. The number of nitrogens with zero attached hydrogens (tertiary/aromatic N) is 1. The number of rotatable bonds is 3. The van der Waals surface area contributed by atoms with E-state index in [2.05, 4.69) is 29.5 Å². The first kappa shape index (κ1) is 12.0. The van der Waals surface area contributed by atoms with Crippen LogP contribution >= 0.6 is 0 Å². The first-order chi connectivity index (χ1) is 6.38. The van der Waals surface area contributed by atoms with Gasteiger partial charge in [-0.2, -0.15) is 0 Å². The van der Waals surface area contributed by atoms with Crippen LogP contribution in [0.25, 0.3) is 0 Å². The quantitative estimate of drug-likeness (QED) is 0.548. The molecule has 2 aliphatic rings. The average Bonchev–Trinajstić information content (AvgIpc) is 2.76.